The quantitative estimate of drug-likeness (QED) is 0.135. The first-order chi connectivity index (χ1) is 27.1. The van der Waals surface area contributed by atoms with Crippen LogP contribution >= 0.6 is 0 Å². The number of fused-ring (bicyclic) bond motifs is 8. The van der Waals surface area contributed by atoms with E-state index in [9.17, 15) is 0 Å². The van der Waals surface area contributed by atoms with Crippen molar-refractivity contribution in [2.45, 2.75) is 0 Å². The second kappa shape index (κ2) is 12.9. The van der Waals surface area contributed by atoms with E-state index in [1.165, 1.54) is 142 Å². The number of hydrogen-bond acceptors (Lipinski definition) is 0. The van der Waals surface area contributed by atoms with Gasteiger partial charge in [-0.3, -0.25) is 0 Å². The fourth-order valence-electron chi connectivity index (χ4n) is 9.99. The molecule has 10 aromatic rings. The van der Waals surface area contributed by atoms with Crippen molar-refractivity contribution in [1.82, 2.24) is 0 Å². The Morgan fingerprint density at radius 2 is 0.714 bits per heavy atom. The summed E-state index contributed by atoms with van der Waals surface area (Å²) in [6, 6.07) is 50.0. The highest BCUT2D eigenvalue weighted by Gasteiger charge is 2.26. The highest BCUT2D eigenvalue weighted by atomic mass is 14.3. The van der Waals surface area contributed by atoms with E-state index >= 15 is 0 Å². The van der Waals surface area contributed by atoms with Gasteiger partial charge in [-0.25, -0.2) is 0 Å². The first-order valence-electron chi connectivity index (χ1n) is 20.0. The van der Waals surface area contributed by atoms with Gasteiger partial charge in [0.1, 0.15) is 62.8 Å². The maximum atomic E-state index is 2.51. The molecule has 0 fully saturated rings. The first-order valence-corrected chi connectivity index (χ1v) is 20.0. The van der Waals surface area contributed by atoms with E-state index in [1.807, 2.05) is 0 Å². The van der Waals surface area contributed by atoms with Gasteiger partial charge in [0.25, 0.3) is 0 Å². The third kappa shape index (κ3) is 4.98. The summed E-state index contributed by atoms with van der Waals surface area (Å²) in [4.78, 5) is 0. The molecule has 0 saturated carbocycles. The second-order valence-electron chi connectivity index (χ2n) is 16.2. The Bertz CT molecular complexity index is 3270. The lowest BCUT2D eigenvalue weighted by atomic mass is 9.59. The van der Waals surface area contributed by atoms with E-state index in [1.54, 1.807) is 0 Å². The molecule has 0 aliphatic carbocycles. The molecule has 254 valence electrons. The number of benzene rings is 10. The molecule has 0 heterocycles. The molecule has 56 heavy (non-hydrogen) atoms. The van der Waals surface area contributed by atoms with E-state index in [2.05, 4.69) is 196 Å². The lowest BCUT2D eigenvalue weighted by Gasteiger charge is -2.29. The molecule has 0 spiro atoms. The van der Waals surface area contributed by atoms with E-state index in [-0.39, 0.29) is 0 Å². The van der Waals surface area contributed by atoms with Crippen LogP contribution in [0.15, 0.2) is 133 Å². The topological polar surface area (TPSA) is 0 Å². The summed E-state index contributed by atoms with van der Waals surface area (Å²) < 4.78 is 0. The lowest BCUT2D eigenvalue weighted by Crippen LogP contribution is -2.50. The molecule has 8 heteroatoms. The third-order valence-corrected chi connectivity index (χ3v) is 13.6. The molecule has 10 rings (SSSR count). The fourth-order valence-corrected chi connectivity index (χ4v) is 9.99. The van der Waals surface area contributed by atoms with Gasteiger partial charge >= 0.3 is 0 Å². The van der Waals surface area contributed by atoms with Crippen molar-refractivity contribution in [3.05, 3.63) is 133 Å². The summed E-state index contributed by atoms with van der Waals surface area (Å²) in [6.45, 7) is 0. The molecular weight excluding hydrogens is 663 g/mol. The zero-order valence-corrected chi connectivity index (χ0v) is 33.7. The van der Waals surface area contributed by atoms with Crippen molar-refractivity contribution >= 4 is 171 Å². The Labute approximate surface area is 336 Å². The summed E-state index contributed by atoms with van der Waals surface area (Å²) in [5.74, 6) is 0. The Morgan fingerprint density at radius 3 is 1.36 bits per heavy atom. The van der Waals surface area contributed by atoms with Crippen LogP contribution in [0.2, 0.25) is 0 Å². The molecule has 10 aromatic carbocycles. The van der Waals surface area contributed by atoms with Gasteiger partial charge in [-0.1, -0.05) is 137 Å². The van der Waals surface area contributed by atoms with Crippen LogP contribution in [0, 0.1) is 0 Å². The van der Waals surface area contributed by atoms with Gasteiger partial charge in [-0.05, 0) is 116 Å². The van der Waals surface area contributed by atoms with E-state index in [4.69, 9.17) is 0 Å². The number of hydrogen-bond donors (Lipinski definition) is 0. The van der Waals surface area contributed by atoms with Crippen LogP contribution in [0.4, 0.5) is 0 Å². The molecule has 0 saturated heterocycles. The predicted octanol–water partition coefficient (Wildman–Crippen LogP) is -0.326. The molecule has 0 unspecified atom stereocenters. The van der Waals surface area contributed by atoms with Crippen LogP contribution in [-0.4, -0.2) is 62.8 Å². The number of rotatable bonds is 3. The summed E-state index contributed by atoms with van der Waals surface area (Å²) in [6.07, 6.45) is 0. The minimum absolute atomic E-state index is 1.24. The van der Waals surface area contributed by atoms with Gasteiger partial charge in [-0.2, -0.15) is 0 Å². The molecule has 0 radical (unpaired) electrons. The van der Waals surface area contributed by atoms with Gasteiger partial charge in [0.05, 0.1) is 0 Å². The molecule has 0 N–H and O–H groups in total. The van der Waals surface area contributed by atoms with Gasteiger partial charge in [-0.15, -0.1) is 21.9 Å². The molecule has 0 aromatic heterocycles. The zero-order chi connectivity index (χ0) is 38.6. The largest absolute Gasteiger partial charge is 0.139 e. The summed E-state index contributed by atoms with van der Waals surface area (Å²) in [5.41, 5.74) is 18.7. The highest BCUT2D eigenvalue weighted by molar-refractivity contribution is 6.71. The third-order valence-electron chi connectivity index (χ3n) is 13.6. The summed E-state index contributed by atoms with van der Waals surface area (Å²) in [7, 11) is 18.8. The fraction of sp³-hybridized carbons (Fsp3) is 0. The first kappa shape index (κ1) is 34.7. The van der Waals surface area contributed by atoms with Crippen LogP contribution in [-0.2, 0) is 0 Å². The maximum absolute atomic E-state index is 2.51. The SMILES string of the molecule is Bc1c(B)c(B)c2c(-c3cc4ccc5ccccc5c4c4ccccc34)c3c(B)c(B)c(B)c(B)c3c(-c3cccc(-c4ccc5ccccc5c4)c3)c2c1B. The standard InChI is InChI=1S/C48H38B8/c49-41-37-35(28-12-7-11-26(21-28)27-18-16-23-8-1-2-10-25(23)20-27)38-40(44(52)48(56)46(54)42(38)50)36(39(37)43(51)47(55)45(41)53)33-22-29-19-17-24-9-3-4-13-30(24)34(29)32-15-6-5-14-31(32)33/h1-22H,49-56H2. The predicted molar refractivity (Wildman–Crippen MR) is 273 cm³/mol. The van der Waals surface area contributed by atoms with Crippen molar-refractivity contribution in [1.29, 1.82) is 0 Å². The highest BCUT2D eigenvalue weighted by Crippen LogP contribution is 2.45. The zero-order valence-electron chi connectivity index (χ0n) is 33.7. The average molecular weight is 701 g/mol. The van der Waals surface area contributed by atoms with Crippen LogP contribution in [0.1, 0.15) is 0 Å². The monoisotopic (exact) mass is 702 g/mol. The molecular formula is C48H38B8. The Hall–Kier alpha value is -5.72. The van der Waals surface area contributed by atoms with Gasteiger partial charge in [0, 0.05) is 0 Å². The van der Waals surface area contributed by atoms with Gasteiger partial charge in [0.2, 0.25) is 0 Å². The minimum Gasteiger partial charge on any atom is -0.101 e. The molecule has 0 bridgehead atoms. The molecule has 0 aliphatic heterocycles. The van der Waals surface area contributed by atoms with Crippen LogP contribution in [0.5, 0.6) is 0 Å². The molecule has 0 nitrogen and oxygen atoms in total. The van der Waals surface area contributed by atoms with Crippen LogP contribution in [0.25, 0.3) is 98.0 Å². The van der Waals surface area contributed by atoms with Crippen LogP contribution < -0.4 is 43.7 Å². The molecule has 0 amide bonds. The minimum atomic E-state index is 1.24. The average Bonchev–Trinajstić information content (AvgIpc) is 3.24. The van der Waals surface area contributed by atoms with E-state index in [0.29, 0.717) is 0 Å². The Kier molecular flexibility index (Phi) is 8.02. The normalized spacial score (nSPS) is 11.8. The Morgan fingerprint density at radius 1 is 0.250 bits per heavy atom. The second-order valence-corrected chi connectivity index (χ2v) is 16.2. The maximum Gasteiger partial charge on any atom is 0.139 e. The Balaban J connectivity index is 1.42. The van der Waals surface area contributed by atoms with Crippen molar-refractivity contribution in [2.24, 2.45) is 0 Å². The van der Waals surface area contributed by atoms with Gasteiger partial charge in [0.15, 0.2) is 0 Å². The molecule has 0 atom stereocenters. The van der Waals surface area contributed by atoms with E-state index < -0.39 is 0 Å². The summed E-state index contributed by atoms with van der Waals surface area (Å²) >= 11 is 0. The van der Waals surface area contributed by atoms with Crippen molar-refractivity contribution in [3.63, 3.8) is 0 Å². The molecule has 0 aliphatic rings. The smallest absolute Gasteiger partial charge is 0.101 e. The lowest BCUT2D eigenvalue weighted by molar-refractivity contribution is 1.64. The van der Waals surface area contributed by atoms with Crippen molar-refractivity contribution in [3.8, 4) is 33.4 Å². The van der Waals surface area contributed by atoms with E-state index in [0.717, 1.165) is 0 Å². The van der Waals surface area contributed by atoms with Crippen molar-refractivity contribution < 1.29 is 0 Å². The van der Waals surface area contributed by atoms with Crippen molar-refractivity contribution in [2.75, 3.05) is 0 Å². The van der Waals surface area contributed by atoms with Gasteiger partial charge < -0.3 is 0 Å². The summed E-state index contributed by atoms with van der Waals surface area (Å²) in [5, 5.41) is 15.8. The van der Waals surface area contributed by atoms with Crippen LogP contribution in [0.3, 0.4) is 0 Å².